The van der Waals surface area contributed by atoms with Gasteiger partial charge in [0.2, 0.25) is 5.91 Å². The van der Waals surface area contributed by atoms with Crippen molar-refractivity contribution in [2.75, 3.05) is 19.8 Å². The molecule has 0 radical (unpaired) electrons. The maximum absolute atomic E-state index is 12.3. The number of carbonyl (C=O) groups is 1. The van der Waals surface area contributed by atoms with E-state index in [4.69, 9.17) is 10.5 Å². The van der Waals surface area contributed by atoms with Gasteiger partial charge in [0.05, 0.1) is 6.61 Å². The van der Waals surface area contributed by atoms with Crippen molar-refractivity contribution in [2.45, 2.75) is 38.4 Å². The van der Waals surface area contributed by atoms with Crippen molar-refractivity contribution in [3.8, 4) is 0 Å². The summed E-state index contributed by atoms with van der Waals surface area (Å²) in [5, 5.41) is 2.10. The smallest absolute Gasteiger partial charge is 0.380 e. The van der Waals surface area contributed by atoms with E-state index in [9.17, 15) is 18.0 Å². The highest BCUT2D eigenvalue weighted by atomic mass is 19.4. The second kappa shape index (κ2) is 6.80. The zero-order valence-corrected chi connectivity index (χ0v) is 10.1. The van der Waals surface area contributed by atoms with Gasteiger partial charge in [0.1, 0.15) is 0 Å². The Morgan fingerprint density at radius 2 is 1.94 bits per heavy atom. The number of rotatable bonds is 7. The fourth-order valence-corrected chi connectivity index (χ4v) is 0.898. The van der Waals surface area contributed by atoms with E-state index in [0.29, 0.717) is 13.5 Å². The van der Waals surface area contributed by atoms with Gasteiger partial charge >= 0.3 is 6.18 Å². The molecule has 1 unspecified atom stereocenters. The first kappa shape index (κ1) is 16.2. The molecular formula is C10H19F3N2O2. The largest absolute Gasteiger partial charge is 0.415 e. The maximum Gasteiger partial charge on any atom is 0.415 e. The average Bonchev–Trinajstić information content (AvgIpc) is 2.21. The van der Waals surface area contributed by atoms with E-state index in [1.165, 1.54) is 0 Å². The number of unbranched alkanes of at least 4 members (excludes halogenated alkanes) is 1. The van der Waals surface area contributed by atoms with Gasteiger partial charge in [-0.25, -0.2) is 0 Å². The average molecular weight is 256 g/mol. The minimum absolute atomic E-state index is 0.0193. The van der Waals surface area contributed by atoms with Crippen LogP contribution in [-0.4, -0.2) is 37.4 Å². The molecule has 7 heteroatoms. The van der Waals surface area contributed by atoms with Crippen molar-refractivity contribution in [1.29, 1.82) is 0 Å². The van der Waals surface area contributed by atoms with Crippen LogP contribution in [0, 0.1) is 0 Å². The van der Waals surface area contributed by atoms with Crippen LogP contribution >= 0.6 is 0 Å². The third kappa shape index (κ3) is 5.36. The summed E-state index contributed by atoms with van der Waals surface area (Å²) in [6.45, 7) is 3.37. The number of hydrogen-bond donors (Lipinski definition) is 2. The highest BCUT2D eigenvalue weighted by Gasteiger charge is 2.53. The fourth-order valence-electron chi connectivity index (χ4n) is 0.898. The standard InChI is InChI=1S/C10H19F3N2O2/c1-3-4-6-17-7-5-15-8(16)9(2,14)10(11,12)13/h3-7,14H2,1-2H3,(H,15,16). The van der Waals surface area contributed by atoms with E-state index < -0.39 is 17.6 Å². The topological polar surface area (TPSA) is 64.3 Å². The van der Waals surface area contributed by atoms with Crippen LogP contribution < -0.4 is 11.1 Å². The fraction of sp³-hybridized carbons (Fsp3) is 0.900. The molecule has 0 aliphatic heterocycles. The second-order valence-electron chi connectivity index (χ2n) is 3.92. The highest BCUT2D eigenvalue weighted by Crippen LogP contribution is 2.27. The first-order valence-electron chi connectivity index (χ1n) is 5.45. The minimum atomic E-state index is -4.76. The molecule has 0 spiro atoms. The molecule has 0 aromatic carbocycles. The summed E-state index contributed by atoms with van der Waals surface area (Å²) < 4.78 is 42.1. The number of nitrogens with two attached hydrogens (primary N) is 1. The van der Waals surface area contributed by atoms with Gasteiger partial charge in [-0.1, -0.05) is 13.3 Å². The maximum atomic E-state index is 12.3. The molecule has 0 rings (SSSR count). The van der Waals surface area contributed by atoms with Crippen LogP contribution in [0.25, 0.3) is 0 Å². The Balaban J connectivity index is 3.87. The minimum Gasteiger partial charge on any atom is -0.380 e. The molecule has 0 aromatic heterocycles. The lowest BCUT2D eigenvalue weighted by atomic mass is 10.0. The van der Waals surface area contributed by atoms with Crippen LogP contribution in [0.4, 0.5) is 13.2 Å². The molecule has 17 heavy (non-hydrogen) atoms. The molecule has 0 heterocycles. The summed E-state index contributed by atoms with van der Waals surface area (Å²) in [7, 11) is 0. The number of hydrogen-bond acceptors (Lipinski definition) is 3. The molecule has 1 atom stereocenters. The predicted molar refractivity (Wildman–Crippen MR) is 57.4 cm³/mol. The zero-order chi connectivity index (χ0) is 13.5. The molecule has 0 aromatic rings. The number of alkyl halides is 3. The second-order valence-corrected chi connectivity index (χ2v) is 3.92. The Morgan fingerprint density at radius 3 is 2.41 bits per heavy atom. The Kier molecular flexibility index (Phi) is 6.48. The normalized spacial score (nSPS) is 15.4. The summed E-state index contributed by atoms with van der Waals surface area (Å²) in [5.41, 5.74) is 2.06. The summed E-state index contributed by atoms with van der Waals surface area (Å²) >= 11 is 0. The lowest BCUT2D eigenvalue weighted by Gasteiger charge is -2.26. The number of halogens is 3. The number of nitrogens with one attached hydrogen (secondary N) is 1. The summed E-state index contributed by atoms with van der Waals surface area (Å²) in [6, 6.07) is 0. The van der Waals surface area contributed by atoms with Crippen molar-refractivity contribution < 1.29 is 22.7 Å². The van der Waals surface area contributed by atoms with Crippen LogP contribution in [0.1, 0.15) is 26.7 Å². The molecule has 1 amide bonds. The van der Waals surface area contributed by atoms with Crippen molar-refractivity contribution in [2.24, 2.45) is 5.73 Å². The van der Waals surface area contributed by atoms with E-state index >= 15 is 0 Å². The van der Waals surface area contributed by atoms with E-state index in [2.05, 4.69) is 5.32 Å². The van der Waals surface area contributed by atoms with E-state index in [1.54, 1.807) is 0 Å². The quantitative estimate of drug-likeness (QED) is 0.673. The van der Waals surface area contributed by atoms with E-state index in [1.807, 2.05) is 6.92 Å². The SMILES string of the molecule is CCCCOCCNC(=O)C(C)(N)C(F)(F)F. The monoisotopic (exact) mass is 256 g/mol. The van der Waals surface area contributed by atoms with Gasteiger partial charge in [0, 0.05) is 13.2 Å². The van der Waals surface area contributed by atoms with Crippen LogP contribution in [0.5, 0.6) is 0 Å². The number of amides is 1. The third-order valence-electron chi connectivity index (χ3n) is 2.23. The van der Waals surface area contributed by atoms with Crippen LogP contribution in [0.15, 0.2) is 0 Å². The van der Waals surface area contributed by atoms with Crippen LogP contribution in [0.2, 0.25) is 0 Å². The van der Waals surface area contributed by atoms with Gasteiger partial charge in [-0.2, -0.15) is 13.2 Å². The van der Waals surface area contributed by atoms with Gasteiger partial charge in [-0.3, -0.25) is 4.79 Å². The lowest BCUT2D eigenvalue weighted by Crippen LogP contribution is -2.61. The van der Waals surface area contributed by atoms with E-state index in [0.717, 1.165) is 12.8 Å². The van der Waals surface area contributed by atoms with Crippen LogP contribution in [0.3, 0.4) is 0 Å². The predicted octanol–water partition coefficient (Wildman–Crippen LogP) is 1.20. The first-order valence-corrected chi connectivity index (χ1v) is 5.45. The summed E-state index contributed by atoms with van der Waals surface area (Å²) in [6.07, 6.45) is -2.91. The molecule has 0 fully saturated rings. The molecule has 0 aliphatic carbocycles. The molecule has 0 bridgehead atoms. The van der Waals surface area contributed by atoms with Crippen LogP contribution in [-0.2, 0) is 9.53 Å². The molecule has 3 N–H and O–H groups in total. The highest BCUT2D eigenvalue weighted by molar-refractivity contribution is 5.86. The van der Waals surface area contributed by atoms with Gasteiger partial charge in [-0.05, 0) is 13.3 Å². The molecular weight excluding hydrogens is 237 g/mol. The summed E-state index contributed by atoms with van der Waals surface area (Å²) in [5.74, 6) is -1.25. The lowest BCUT2D eigenvalue weighted by molar-refractivity contribution is -0.187. The van der Waals surface area contributed by atoms with Crippen molar-refractivity contribution in [1.82, 2.24) is 5.32 Å². The van der Waals surface area contributed by atoms with E-state index in [-0.39, 0.29) is 13.2 Å². The zero-order valence-electron chi connectivity index (χ0n) is 10.1. The van der Waals surface area contributed by atoms with Crippen molar-refractivity contribution in [3.05, 3.63) is 0 Å². The number of ether oxygens (including phenoxy) is 1. The Morgan fingerprint density at radius 1 is 1.35 bits per heavy atom. The Hall–Kier alpha value is -0.820. The van der Waals surface area contributed by atoms with Crippen molar-refractivity contribution in [3.63, 3.8) is 0 Å². The Labute approximate surface area is 98.7 Å². The van der Waals surface area contributed by atoms with Gasteiger partial charge < -0.3 is 15.8 Å². The first-order chi connectivity index (χ1) is 7.73. The molecule has 4 nitrogen and oxygen atoms in total. The molecule has 0 aliphatic rings. The van der Waals surface area contributed by atoms with Gasteiger partial charge in [-0.15, -0.1) is 0 Å². The molecule has 0 saturated heterocycles. The van der Waals surface area contributed by atoms with Crippen molar-refractivity contribution >= 4 is 5.91 Å². The van der Waals surface area contributed by atoms with Gasteiger partial charge in [0.15, 0.2) is 5.54 Å². The molecule has 0 saturated carbocycles. The molecule has 102 valence electrons. The Bertz CT molecular complexity index is 242. The third-order valence-corrected chi connectivity index (χ3v) is 2.23. The summed E-state index contributed by atoms with van der Waals surface area (Å²) in [4.78, 5) is 11.2. The van der Waals surface area contributed by atoms with Gasteiger partial charge in [0.25, 0.3) is 0 Å². The number of carbonyl (C=O) groups excluding carboxylic acids is 1.